The molecule has 1 aromatic rings. The molecule has 2 aliphatic heterocycles. The first-order valence-corrected chi connectivity index (χ1v) is 8.99. The zero-order valence-electron chi connectivity index (χ0n) is 13.0. The maximum atomic E-state index is 12.4. The quantitative estimate of drug-likeness (QED) is 0.737. The molecule has 130 valence electrons. The minimum Gasteiger partial charge on any atom is -0.860 e. The number of amides is 1. The Labute approximate surface area is 139 Å². The number of methoxy groups -OCH3 is 1. The number of cyclic esters (lactones) is 1. The van der Waals surface area contributed by atoms with Crippen LogP contribution < -0.4 is 9.84 Å². The lowest BCUT2D eigenvalue weighted by Gasteiger charge is -2.33. The van der Waals surface area contributed by atoms with Crippen LogP contribution in [-0.4, -0.2) is 57.7 Å². The molecule has 2 heterocycles. The molecule has 1 fully saturated rings. The van der Waals surface area contributed by atoms with E-state index < -0.39 is 27.2 Å². The van der Waals surface area contributed by atoms with Gasteiger partial charge in [0, 0.05) is 24.1 Å². The Bertz CT molecular complexity index is 776. The molecule has 1 aromatic carbocycles. The number of carbonyl (C=O) groups excluding carboxylic acids is 1. The Hall–Kier alpha value is -2.42. The van der Waals surface area contributed by atoms with Gasteiger partial charge in [0.05, 0.1) is 13.7 Å². The van der Waals surface area contributed by atoms with E-state index in [-0.39, 0.29) is 13.1 Å². The third-order valence-corrected chi connectivity index (χ3v) is 5.66. The van der Waals surface area contributed by atoms with Crippen LogP contribution >= 0.6 is 0 Å². The van der Waals surface area contributed by atoms with Gasteiger partial charge in [-0.25, -0.2) is 13.2 Å². The van der Waals surface area contributed by atoms with Gasteiger partial charge in [-0.15, -0.1) is 0 Å². The molecule has 0 spiro atoms. The maximum absolute atomic E-state index is 12.4. The standard InChI is InChI=1S/C15H18N2O6S/c1-22-12-5-3-2-4-11(12)14-17(13(18)10-24(14,20)21)7-6-16-8-9-23-15(16)19/h2-5,10,14,18H,6-9H2,1H3/p-1. The maximum Gasteiger partial charge on any atom is 0.409 e. The zero-order chi connectivity index (χ0) is 17.3. The smallest absolute Gasteiger partial charge is 0.409 e. The van der Waals surface area contributed by atoms with Crippen LogP contribution in [-0.2, 0) is 14.6 Å². The van der Waals surface area contributed by atoms with Crippen LogP contribution in [0.2, 0.25) is 0 Å². The van der Waals surface area contributed by atoms with E-state index in [1.165, 1.54) is 16.9 Å². The van der Waals surface area contributed by atoms with Crippen LogP contribution in [0, 0.1) is 0 Å². The number of rotatable bonds is 5. The van der Waals surface area contributed by atoms with Gasteiger partial charge in [-0.2, -0.15) is 0 Å². The second-order valence-electron chi connectivity index (χ2n) is 5.43. The Kier molecular flexibility index (Phi) is 4.27. The van der Waals surface area contributed by atoms with Gasteiger partial charge in [-0.05, 0) is 11.9 Å². The summed E-state index contributed by atoms with van der Waals surface area (Å²) in [5.74, 6) is -0.210. The molecular weight excluding hydrogens is 336 g/mol. The number of benzene rings is 1. The Morgan fingerprint density at radius 3 is 2.75 bits per heavy atom. The summed E-state index contributed by atoms with van der Waals surface area (Å²) in [7, 11) is -2.35. The predicted octanol–water partition coefficient (Wildman–Crippen LogP) is 0.0356. The lowest BCUT2D eigenvalue weighted by molar-refractivity contribution is -0.332. The first-order valence-electron chi connectivity index (χ1n) is 7.38. The molecule has 1 atom stereocenters. The van der Waals surface area contributed by atoms with Gasteiger partial charge < -0.3 is 24.4 Å². The summed E-state index contributed by atoms with van der Waals surface area (Å²) in [5, 5.41) is 11.8. The van der Waals surface area contributed by atoms with E-state index in [9.17, 15) is 18.3 Å². The molecule has 0 radical (unpaired) electrons. The summed E-state index contributed by atoms with van der Waals surface area (Å²) in [6.07, 6.45) is -0.456. The fourth-order valence-electron chi connectivity index (χ4n) is 2.87. The van der Waals surface area contributed by atoms with E-state index in [1.54, 1.807) is 24.3 Å². The number of ether oxygens (including phenoxy) is 2. The summed E-state index contributed by atoms with van der Waals surface area (Å²) in [5.41, 5.74) is 0.395. The van der Waals surface area contributed by atoms with Crippen molar-refractivity contribution in [1.29, 1.82) is 0 Å². The monoisotopic (exact) mass is 353 g/mol. The highest BCUT2D eigenvalue weighted by molar-refractivity contribution is 7.94. The number of nitrogens with zero attached hydrogens (tertiary/aromatic N) is 2. The van der Waals surface area contributed by atoms with Gasteiger partial charge in [0.15, 0.2) is 15.2 Å². The molecule has 24 heavy (non-hydrogen) atoms. The number of carbonyl (C=O) groups is 1. The third kappa shape index (κ3) is 2.86. The highest BCUT2D eigenvalue weighted by atomic mass is 32.2. The van der Waals surface area contributed by atoms with E-state index >= 15 is 0 Å². The number of sulfone groups is 1. The molecule has 0 aromatic heterocycles. The van der Waals surface area contributed by atoms with Crippen molar-refractivity contribution in [3.8, 4) is 5.75 Å². The van der Waals surface area contributed by atoms with Crippen molar-refractivity contribution >= 4 is 15.9 Å². The Morgan fingerprint density at radius 1 is 1.33 bits per heavy atom. The van der Waals surface area contributed by atoms with Crippen LogP contribution in [0.15, 0.2) is 35.6 Å². The second-order valence-corrected chi connectivity index (χ2v) is 7.29. The molecule has 1 saturated heterocycles. The lowest BCUT2D eigenvalue weighted by atomic mass is 10.2. The van der Waals surface area contributed by atoms with Crippen molar-refractivity contribution in [2.24, 2.45) is 0 Å². The largest absolute Gasteiger partial charge is 0.860 e. The van der Waals surface area contributed by atoms with Crippen molar-refractivity contribution < 1.29 is 27.8 Å². The Morgan fingerprint density at radius 2 is 2.08 bits per heavy atom. The van der Waals surface area contributed by atoms with Crippen molar-refractivity contribution in [3.63, 3.8) is 0 Å². The molecule has 1 amide bonds. The topological polar surface area (TPSA) is 99.2 Å². The second kappa shape index (κ2) is 6.23. The fourth-order valence-corrected chi connectivity index (χ4v) is 4.52. The molecule has 8 nitrogen and oxygen atoms in total. The minimum atomic E-state index is -3.79. The van der Waals surface area contributed by atoms with Crippen molar-refractivity contribution in [2.75, 3.05) is 33.4 Å². The molecule has 0 aliphatic carbocycles. The lowest BCUT2D eigenvalue weighted by Crippen LogP contribution is -2.39. The fraction of sp³-hybridized carbons (Fsp3) is 0.400. The average molecular weight is 353 g/mol. The zero-order valence-corrected chi connectivity index (χ0v) is 13.9. The van der Waals surface area contributed by atoms with Crippen LogP contribution in [0.3, 0.4) is 0 Å². The average Bonchev–Trinajstić information content (AvgIpc) is 3.05. The van der Waals surface area contributed by atoms with E-state index in [4.69, 9.17) is 9.47 Å². The normalized spacial score (nSPS) is 22.5. The van der Waals surface area contributed by atoms with Crippen LogP contribution in [0.4, 0.5) is 4.79 Å². The van der Waals surface area contributed by atoms with Gasteiger partial charge in [-0.3, -0.25) is 0 Å². The van der Waals surface area contributed by atoms with Gasteiger partial charge in [0.1, 0.15) is 12.4 Å². The molecule has 2 aliphatic rings. The summed E-state index contributed by atoms with van der Waals surface area (Å²) in [4.78, 5) is 14.2. The highest BCUT2D eigenvalue weighted by Gasteiger charge is 2.38. The van der Waals surface area contributed by atoms with E-state index in [0.717, 1.165) is 5.41 Å². The van der Waals surface area contributed by atoms with Crippen LogP contribution in [0.5, 0.6) is 5.75 Å². The molecule has 3 rings (SSSR count). The molecule has 0 saturated carbocycles. The molecular formula is C15H17N2O6S-. The minimum absolute atomic E-state index is 0.0897. The van der Waals surface area contributed by atoms with E-state index in [2.05, 4.69) is 0 Å². The van der Waals surface area contributed by atoms with Crippen molar-refractivity contribution in [3.05, 3.63) is 41.1 Å². The third-order valence-electron chi connectivity index (χ3n) is 4.00. The predicted molar refractivity (Wildman–Crippen MR) is 82.4 cm³/mol. The van der Waals surface area contributed by atoms with Crippen LogP contribution in [0.1, 0.15) is 10.9 Å². The first kappa shape index (κ1) is 16.4. The van der Waals surface area contributed by atoms with Crippen molar-refractivity contribution in [2.45, 2.75) is 5.37 Å². The van der Waals surface area contributed by atoms with Gasteiger partial charge >= 0.3 is 6.09 Å². The van der Waals surface area contributed by atoms with Gasteiger partial charge in [0.2, 0.25) is 0 Å². The van der Waals surface area contributed by atoms with E-state index in [0.29, 0.717) is 24.5 Å². The molecule has 9 heteroatoms. The first-order chi connectivity index (χ1) is 11.4. The summed E-state index contributed by atoms with van der Waals surface area (Å²) >= 11 is 0. The number of hydrogen-bond acceptors (Lipinski definition) is 7. The molecule has 1 unspecified atom stereocenters. The molecule has 0 bridgehead atoms. The SMILES string of the molecule is COc1ccccc1C1N(CCN2CCOC2=O)C([O-])=CS1(=O)=O. The molecule has 0 N–H and O–H groups in total. The summed E-state index contributed by atoms with van der Waals surface area (Å²) in [6.45, 7) is 1.02. The summed E-state index contributed by atoms with van der Waals surface area (Å²) < 4.78 is 34.9. The van der Waals surface area contributed by atoms with E-state index in [1.807, 2.05) is 0 Å². The van der Waals surface area contributed by atoms with Crippen LogP contribution in [0.25, 0.3) is 0 Å². The summed E-state index contributed by atoms with van der Waals surface area (Å²) in [6, 6.07) is 6.67. The van der Waals surface area contributed by atoms with Gasteiger partial charge in [-0.1, -0.05) is 18.2 Å². The van der Waals surface area contributed by atoms with Gasteiger partial charge in [0.25, 0.3) is 0 Å². The Balaban J connectivity index is 1.88. The highest BCUT2D eigenvalue weighted by Crippen LogP contribution is 2.39. The number of para-hydroxylation sites is 1. The number of hydrogen-bond donors (Lipinski definition) is 0. The van der Waals surface area contributed by atoms with Crippen molar-refractivity contribution in [1.82, 2.24) is 9.80 Å².